The van der Waals surface area contributed by atoms with E-state index in [1.807, 2.05) is 0 Å². The van der Waals surface area contributed by atoms with E-state index in [1.165, 1.54) is 0 Å². The molecule has 0 amide bonds. The number of halogens is 1. The fourth-order valence-electron chi connectivity index (χ4n) is 0.774. The molecule has 1 rings (SSSR count). The number of rotatable bonds is 5. The van der Waals surface area contributed by atoms with Crippen LogP contribution in [0.1, 0.15) is 0 Å². The van der Waals surface area contributed by atoms with Gasteiger partial charge in [-0.3, -0.25) is 0 Å². The number of hydrogen-bond donors (Lipinski definition) is 0. The monoisotopic (exact) mass is 324 g/mol. The fourth-order valence-corrected chi connectivity index (χ4v) is 2.38. The molecule has 0 saturated carbocycles. The van der Waals surface area contributed by atoms with Crippen LogP contribution in [0.3, 0.4) is 0 Å². The Balaban J connectivity index is 0.00000289. The third-order valence-corrected chi connectivity index (χ3v) is 3.78. The summed E-state index contributed by atoms with van der Waals surface area (Å²) in [6.07, 6.45) is 0.684. The summed E-state index contributed by atoms with van der Waals surface area (Å²) in [5, 5.41) is 6.37. The van der Waals surface area contributed by atoms with Crippen LogP contribution in [0.15, 0.2) is 17.2 Å². The molecule has 0 atom stereocenters. The predicted octanol–water partition coefficient (Wildman–Crippen LogP) is -3.67. The van der Waals surface area contributed by atoms with E-state index in [1.54, 1.807) is 0 Å². The first-order chi connectivity index (χ1) is 7.74. The summed E-state index contributed by atoms with van der Waals surface area (Å²) in [5.41, 5.74) is 0. The molecule has 12 heteroatoms. The van der Waals surface area contributed by atoms with Crippen molar-refractivity contribution in [3.05, 3.63) is 12.3 Å². The average Bonchev–Trinajstić information content (AvgIpc) is 2.15. The quantitative estimate of drug-likeness (QED) is 0.235. The number of hydrogen-bond acceptors (Lipinski definition) is 8. The molecule has 1 aromatic rings. The van der Waals surface area contributed by atoms with Gasteiger partial charge < -0.3 is 8.74 Å². The Hall–Kier alpha value is 0.0300. The molecule has 0 aliphatic rings. The van der Waals surface area contributed by atoms with Gasteiger partial charge in [0.05, 0.1) is 16.8 Å². The van der Waals surface area contributed by atoms with Crippen LogP contribution in [0.4, 0.5) is 0 Å². The minimum Gasteiger partial charge on any atom is -0.744 e. The topological polar surface area (TPSA) is 126 Å². The van der Waals surface area contributed by atoms with Gasteiger partial charge in [-0.15, -0.1) is 16.7 Å². The van der Waals surface area contributed by atoms with E-state index in [0.717, 1.165) is 0 Å². The molecule has 0 aliphatic heterocycles. The molecule has 0 aromatic carbocycles. The molecular weight excluding hydrogens is 319 g/mol. The summed E-state index contributed by atoms with van der Waals surface area (Å²) in [6, 6.07) is 0.668. The SMILES string of the molecule is O=S(=O)(CCCl)Oc1cc(S(=O)(=O)[O-])cnn1.[Na+]. The number of nitrogens with zero attached hydrogens (tertiary/aromatic N) is 2. The van der Waals surface area contributed by atoms with Crippen molar-refractivity contribution in [2.45, 2.75) is 4.90 Å². The Morgan fingerprint density at radius 2 is 1.94 bits per heavy atom. The standard InChI is InChI=1S/C6H7ClN2O6S2.Na/c7-1-2-16(10,11)15-6-3-5(4-8-9-6)17(12,13)14;/h3-4H,1-2H2,(H,12,13,14);/q;+1/p-1. The second kappa shape index (κ2) is 6.98. The van der Waals surface area contributed by atoms with Crippen molar-refractivity contribution >= 4 is 31.8 Å². The maximum atomic E-state index is 11.2. The van der Waals surface area contributed by atoms with E-state index in [-0.39, 0.29) is 35.4 Å². The molecule has 0 unspecified atom stereocenters. The van der Waals surface area contributed by atoms with Gasteiger partial charge in [-0.25, -0.2) is 8.42 Å². The van der Waals surface area contributed by atoms with Crippen LogP contribution in [-0.4, -0.2) is 43.2 Å². The van der Waals surface area contributed by atoms with E-state index < -0.39 is 36.8 Å². The van der Waals surface area contributed by atoms with Crippen molar-refractivity contribution in [3.8, 4) is 5.88 Å². The molecule has 0 saturated heterocycles. The van der Waals surface area contributed by atoms with Gasteiger partial charge in [-0.1, -0.05) is 0 Å². The van der Waals surface area contributed by atoms with Crippen molar-refractivity contribution in [1.29, 1.82) is 0 Å². The smallest absolute Gasteiger partial charge is 0.744 e. The molecule has 18 heavy (non-hydrogen) atoms. The molecule has 96 valence electrons. The zero-order valence-corrected chi connectivity index (χ0v) is 13.5. The van der Waals surface area contributed by atoms with Crippen LogP contribution in [0.25, 0.3) is 0 Å². The first kappa shape index (κ1) is 18.0. The Morgan fingerprint density at radius 1 is 1.33 bits per heavy atom. The van der Waals surface area contributed by atoms with Crippen molar-refractivity contribution in [3.63, 3.8) is 0 Å². The van der Waals surface area contributed by atoms with Crippen LogP contribution in [-0.2, 0) is 20.2 Å². The molecule has 1 heterocycles. The van der Waals surface area contributed by atoms with E-state index in [0.29, 0.717) is 12.3 Å². The van der Waals surface area contributed by atoms with Gasteiger partial charge in [-0.2, -0.15) is 13.5 Å². The molecule has 0 N–H and O–H groups in total. The zero-order valence-electron chi connectivity index (χ0n) is 9.11. The first-order valence-electron chi connectivity index (χ1n) is 4.01. The van der Waals surface area contributed by atoms with Crippen LogP contribution < -0.4 is 33.7 Å². The summed E-state index contributed by atoms with van der Waals surface area (Å²) in [7, 11) is -8.72. The molecule has 1 aromatic heterocycles. The molecule has 0 fully saturated rings. The average molecular weight is 325 g/mol. The van der Waals surface area contributed by atoms with Gasteiger partial charge in [0.25, 0.3) is 5.88 Å². The Labute approximate surface area is 131 Å². The number of alkyl halides is 1. The third kappa shape index (κ3) is 5.78. The van der Waals surface area contributed by atoms with E-state index in [2.05, 4.69) is 14.4 Å². The Morgan fingerprint density at radius 3 is 2.44 bits per heavy atom. The van der Waals surface area contributed by atoms with Crippen molar-refractivity contribution in [2.75, 3.05) is 11.6 Å². The van der Waals surface area contributed by atoms with E-state index in [9.17, 15) is 21.4 Å². The Kier molecular flexibility index (Phi) is 7.00. The molecule has 8 nitrogen and oxygen atoms in total. The maximum Gasteiger partial charge on any atom is 1.00 e. The van der Waals surface area contributed by atoms with Crippen molar-refractivity contribution in [1.82, 2.24) is 10.2 Å². The predicted molar refractivity (Wildman–Crippen MR) is 55.1 cm³/mol. The molecule has 0 aliphatic carbocycles. The van der Waals surface area contributed by atoms with Gasteiger partial charge in [0.1, 0.15) is 10.1 Å². The summed E-state index contributed by atoms with van der Waals surface area (Å²) < 4.78 is 58.6. The maximum absolute atomic E-state index is 11.2. The minimum atomic E-state index is -4.75. The van der Waals surface area contributed by atoms with Gasteiger partial charge in [-0.05, 0) is 0 Å². The van der Waals surface area contributed by atoms with Crippen LogP contribution >= 0.6 is 11.6 Å². The van der Waals surface area contributed by atoms with Crippen LogP contribution in [0, 0.1) is 0 Å². The van der Waals surface area contributed by atoms with Gasteiger partial charge >= 0.3 is 39.7 Å². The van der Waals surface area contributed by atoms with Gasteiger partial charge in [0, 0.05) is 11.9 Å². The summed E-state index contributed by atoms with van der Waals surface area (Å²) in [5.74, 6) is -1.29. The number of aromatic nitrogens is 2. The second-order valence-corrected chi connectivity index (χ2v) is 6.17. The summed E-state index contributed by atoms with van der Waals surface area (Å²) in [6.45, 7) is 0. The molecular formula is C6H6ClN2NaO6S2. The first-order valence-corrected chi connectivity index (χ1v) is 7.53. The fraction of sp³-hybridized carbons (Fsp3) is 0.333. The van der Waals surface area contributed by atoms with E-state index in [4.69, 9.17) is 11.6 Å². The molecule has 0 bridgehead atoms. The summed E-state index contributed by atoms with van der Waals surface area (Å²) >= 11 is 5.22. The zero-order chi connectivity index (χ0) is 13.1. The van der Waals surface area contributed by atoms with Crippen LogP contribution in [0.2, 0.25) is 0 Å². The van der Waals surface area contributed by atoms with Gasteiger partial charge in [0.2, 0.25) is 0 Å². The normalized spacial score (nSPS) is 11.7. The molecule has 0 spiro atoms. The van der Waals surface area contributed by atoms with Crippen molar-refractivity contribution in [2.24, 2.45) is 0 Å². The second-order valence-electron chi connectivity index (χ2n) is 2.72. The Bertz CT molecular complexity index is 604. The molecule has 0 radical (unpaired) electrons. The third-order valence-electron chi connectivity index (χ3n) is 1.44. The summed E-state index contributed by atoms with van der Waals surface area (Å²) in [4.78, 5) is -0.733. The van der Waals surface area contributed by atoms with E-state index >= 15 is 0 Å². The minimum absolute atomic E-state index is 0. The largest absolute Gasteiger partial charge is 1.00 e. The van der Waals surface area contributed by atoms with Crippen LogP contribution in [0.5, 0.6) is 5.88 Å². The van der Waals surface area contributed by atoms with Gasteiger partial charge in [0.15, 0.2) is 0 Å². The van der Waals surface area contributed by atoms with Crippen molar-refractivity contribution < 1.29 is 55.1 Å².